The summed E-state index contributed by atoms with van der Waals surface area (Å²) in [5.41, 5.74) is 0.665. The summed E-state index contributed by atoms with van der Waals surface area (Å²) in [6.07, 6.45) is 6.47. The van der Waals surface area contributed by atoms with Crippen molar-refractivity contribution < 1.29 is 0 Å². The van der Waals surface area contributed by atoms with E-state index < -0.39 is 0 Å². The average molecular weight is 187 g/mol. The van der Waals surface area contributed by atoms with E-state index in [0.717, 1.165) is 5.25 Å². The molecule has 0 radical (unpaired) electrons. The first-order valence-electron chi connectivity index (χ1n) is 4.73. The fourth-order valence-corrected chi connectivity index (χ4v) is 3.04. The summed E-state index contributed by atoms with van der Waals surface area (Å²) in [6.45, 7) is 3.68. The van der Waals surface area contributed by atoms with E-state index in [0.29, 0.717) is 5.41 Å². The van der Waals surface area contributed by atoms with Crippen molar-refractivity contribution in [1.29, 1.82) is 0 Å². The number of thioether (sulfide) groups is 1. The average Bonchev–Trinajstić information content (AvgIpc) is 1.95. The quantitative estimate of drug-likeness (QED) is 0.665. The van der Waals surface area contributed by atoms with Gasteiger partial charge < -0.3 is 4.90 Å². The van der Waals surface area contributed by atoms with Crippen LogP contribution in [0, 0.1) is 5.41 Å². The monoisotopic (exact) mass is 187 g/mol. The van der Waals surface area contributed by atoms with Crippen LogP contribution in [0.1, 0.15) is 26.2 Å². The van der Waals surface area contributed by atoms with Crippen LogP contribution in [0.15, 0.2) is 0 Å². The van der Waals surface area contributed by atoms with Crippen LogP contribution >= 0.6 is 11.8 Å². The summed E-state index contributed by atoms with van der Waals surface area (Å²) >= 11 is 2.03. The number of hydrogen-bond acceptors (Lipinski definition) is 2. The molecule has 1 aliphatic carbocycles. The Bertz CT molecular complexity index is 139. The minimum atomic E-state index is 0.665. The van der Waals surface area contributed by atoms with Crippen LogP contribution in [0.2, 0.25) is 0 Å². The standard InChI is InChI=1S/C10H21NS/c1-10(5-6-11(2)3)7-9(8-10)12-4/h9H,5-8H2,1-4H3/t9-,10-. The molecule has 1 fully saturated rings. The van der Waals surface area contributed by atoms with Crippen LogP contribution in [-0.2, 0) is 0 Å². The lowest BCUT2D eigenvalue weighted by molar-refractivity contribution is 0.139. The molecule has 0 aromatic rings. The molecule has 0 saturated heterocycles. The van der Waals surface area contributed by atoms with Gasteiger partial charge in [0.1, 0.15) is 0 Å². The highest BCUT2D eigenvalue weighted by Gasteiger charge is 2.38. The van der Waals surface area contributed by atoms with Crippen LogP contribution in [0.25, 0.3) is 0 Å². The van der Waals surface area contributed by atoms with E-state index in [1.807, 2.05) is 11.8 Å². The van der Waals surface area contributed by atoms with Gasteiger partial charge in [-0.1, -0.05) is 6.92 Å². The van der Waals surface area contributed by atoms with Gasteiger partial charge in [-0.15, -0.1) is 0 Å². The summed E-state index contributed by atoms with van der Waals surface area (Å²) in [7, 11) is 4.32. The van der Waals surface area contributed by atoms with E-state index in [4.69, 9.17) is 0 Å². The maximum atomic E-state index is 2.43. The van der Waals surface area contributed by atoms with Crippen molar-refractivity contribution in [3.05, 3.63) is 0 Å². The summed E-state index contributed by atoms with van der Waals surface area (Å²) in [5.74, 6) is 0. The fraction of sp³-hybridized carbons (Fsp3) is 1.00. The van der Waals surface area contributed by atoms with Crippen molar-refractivity contribution in [1.82, 2.24) is 4.90 Å². The molecule has 0 atom stereocenters. The highest BCUT2D eigenvalue weighted by atomic mass is 32.2. The number of hydrogen-bond donors (Lipinski definition) is 0. The molecule has 1 aliphatic rings. The Kier molecular flexibility index (Phi) is 3.47. The predicted octanol–water partition coefficient (Wildman–Crippen LogP) is 2.47. The third-order valence-electron chi connectivity index (χ3n) is 2.94. The van der Waals surface area contributed by atoms with Crippen LogP contribution in [0.3, 0.4) is 0 Å². The lowest BCUT2D eigenvalue weighted by Gasteiger charge is -2.45. The molecule has 0 amide bonds. The van der Waals surface area contributed by atoms with E-state index >= 15 is 0 Å². The molecule has 1 nitrogen and oxygen atoms in total. The van der Waals surface area contributed by atoms with E-state index in [2.05, 4.69) is 32.2 Å². The van der Waals surface area contributed by atoms with Crippen molar-refractivity contribution >= 4 is 11.8 Å². The van der Waals surface area contributed by atoms with Crippen molar-refractivity contribution in [2.45, 2.75) is 31.4 Å². The van der Waals surface area contributed by atoms with Gasteiger partial charge in [-0.25, -0.2) is 0 Å². The van der Waals surface area contributed by atoms with Gasteiger partial charge in [-0.05, 0) is 51.6 Å². The smallest absolute Gasteiger partial charge is 0.00546 e. The van der Waals surface area contributed by atoms with Gasteiger partial charge in [-0.3, -0.25) is 0 Å². The zero-order valence-electron chi connectivity index (χ0n) is 8.76. The Morgan fingerprint density at radius 3 is 2.42 bits per heavy atom. The molecule has 0 bridgehead atoms. The molecular formula is C10H21NS. The molecule has 0 N–H and O–H groups in total. The maximum Gasteiger partial charge on any atom is 0.00546 e. The van der Waals surface area contributed by atoms with Crippen LogP contribution in [0.5, 0.6) is 0 Å². The molecule has 1 saturated carbocycles. The Labute approximate surface area is 80.9 Å². The zero-order valence-corrected chi connectivity index (χ0v) is 9.58. The van der Waals surface area contributed by atoms with Gasteiger partial charge in [0.05, 0.1) is 0 Å². The normalized spacial score (nSPS) is 35.2. The Balaban J connectivity index is 2.16. The lowest BCUT2D eigenvalue weighted by atomic mass is 9.68. The van der Waals surface area contributed by atoms with Crippen LogP contribution in [-0.4, -0.2) is 37.0 Å². The Morgan fingerprint density at radius 2 is 2.00 bits per heavy atom. The van der Waals surface area contributed by atoms with Crippen molar-refractivity contribution in [2.24, 2.45) is 5.41 Å². The van der Waals surface area contributed by atoms with Gasteiger partial charge in [0, 0.05) is 5.25 Å². The molecule has 0 unspecified atom stereocenters. The van der Waals surface area contributed by atoms with Gasteiger partial charge in [0.2, 0.25) is 0 Å². The fourth-order valence-electron chi connectivity index (χ4n) is 1.90. The Morgan fingerprint density at radius 1 is 1.42 bits per heavy atom. The molecule has 72 valence electrons. The van der Waals surface area contributed by atoms with E-state index in [-0.39, 0.29) is 0 Å². The van der Waals surface area contributed by atoms with Gasteiger partial charge >= 0.3 is 0 Å². The maximum absolute atomic E-state index is 2.43. The van der Waals surface area contributed by atoms with Gasteiger partial charge in [0.25, 0.3) is 0 Å². The largest absolute Gasteiger partial charge is 0.309 e. The first-order valence-corrected chi connectivity index (χ1v) is 6.02. The molecule has 0 aromatic heterocycles. The number of nitrogens with zero attached hydrogens (tertiary/aromatic N) is 1. The zero-order chi connectivity index (χ0) is 9.19. The summed E-state index contributed by atoms with van der Waals surface area (Å²) in [6, 6.07) is 0. The van der Waals surface area contributed by atoms with Crippen molar-refractivity contribution in [3.8, 4) is 0 Å². The second kappa shape index (κ2) is 4.01. The predicted molar refractivity (Wildman–Crippen MR) is 57.8 cm³/mol. The van der Waals surface area contributed by atoms with E-state index in [1.54, 1.807) is 0 Å². The third-order valence-corrected chi connectivity index (χ3v) is 3.94. The highest BCUT2D eigenvalue weighted by molar-refractivity contribution is 7.99. The molecule has 12 heavy (non-hydrogen) atoms. The topological polar surface area (TPSA) is 3.24 Å². The minimum Gasteiger partial charge on any atom is -0.309 e. The van der Waals surface area contributed by atoms with Gasteiger partial charge in [-0.2, -0.15) is 11.8 Å². The summed E-state index contributed by atoms with van der Waals surface area (Å²) in [5, 5.41) is 0.956. The molecule has 0 aromatic carbocycles. The van der Waals surface area contributed by atoms with Crippen LogP contribution in [0.4, 0.5) is 0 Å². The Hall–Kier alpha value is 0.310. The first-order chi connectivity index (χ1) is 5.56. The van der Waals surface area contributed by atoms with Crippen molar-refractivity contribution in [3.63, 3.8) is 0 Å². The number of rotatable bonds is 4. The molecule has 0 heterocycles. The summed E-state index contributed by atoms with van der Waals surface area (Å²) < 4.78 is 0. The third kappa shape index (κ3) is 2.67. The molecule has 2 heteroatoms. The van der Waals surface area contributed by atoms with Crippen molar-refractivity contribution in [2.75, 3.05) is 26.9 Å². The SMILES string of the molecule is CS[C@H]1C[C@](C)(CCN(C)C)C1. The molecule has 0 aliphatic heterocycles. The second-order valence-electron chi connectivity index (χ2n) is 4.63. The second-order valence-corrected chi connectivity index (χ2v) is 5.77. The molecular weight excluding hydrogens is 166 g/mol. The summed E-state index contributed by atoms with van der Waals surface area (Å²) in [4.78, 5) is 2.29. The van der Waals surface area contributed by atoms with Crippen LogP contribution < -0.4 is 0 Å². The minimum absolute atomic E-state index is 0.665. The molecule has 1 rings (SSSR count). The van der Waals surface area contributed by atoms with E-state index in [9.17, 15) is 0 Å². The van der Waals surface area contributed by atoms with Gasteiger partial charge in [0.15, 0.2) is 0 Å². The molecule has 0 spiro atoms. The van der Waals surface area contributed by atoms with E-state index in [1.165, 1.54) is 25.8 Å². The first kappa shape index (κ1) is 10.4. The highest BCUT2D eigenvalue weighted by Crippen LogP contribution is 2.48. The lowest BCUT2D eigenvalue weighted by Crippen LogP contribution is -2.38.